The highest BCUT2D eigenvalue weighted by Gasteiger charge is 2.27. The van der Waals surface area contributed by atoms with Crippen LogP contribution in [0.15, 0.2) is 54.6 Å². The van der Waals surface area contributed by atoms with Crippen molar-refractivity contribution in [1.82, 2.24) is 0 Å². The Morgan fingerprint density at radius 2 is 1.72 bits per heavy atom. The molecular weight excluding hydrogens is 492 g/mol. The third-order valence-corrected chi connectivity index (χ3v) is 7.64. The summed E-state index contributed by atoms with van der Waals surface area (Å²) in [6.45, 7) is 6.39. The maximum absolute atomic E-state index is 11.7. The molecule has 2 aliphatic rings. The maximum atomic E-state index is 11.7. The SMILES string of the molecule is COC(=O)C[C@@H]1COc2cc(OCc3cccc(-c4c(C)cc(OCCOC5CCCC5)cc4C)c3)ccc21. The van der Waals surface area contributed by atoms with Gasteiger partial charge < -0.3 is 23.7 Å². The summed E-state index contributed by atoms with van der Waals surface area (Å²) in [4.78, 5) is 11.7. The number of rotatable bonds is 11. The van der Waals surface area contributed by atoms with Gasteiger partial charge in [0.2, 0.25) is 0 Å². The molecule has 0 bridgehead atoms. The number of fused-ring (bicyclic) bond motifs is 1. The lowest BCUT2D eigenvalue weighted by atomic mass is 9.94. The second-order valence-corrected chi connectivity index (χ2v) is 10.5. The minimum absolute atomic E-state index is 0.0201. The molecule has 1 aliphatic carbocycles. The third-order valence-electron chi connectivity index (χ3n) is 7.64. The molecule has 1 heterocycles. The van der Waals surface area contributed by atoms with Crippen LogP contribution in [0, 0.1) is 13.8 Å². The van der Waals surface area contributed by atoms with Gasteiger partial charge in [-0.1, -0.05) is 37.1 Å². The zero-order valence-electron chi connectivity index (χ0n) is 23.2. The first-order valence-corrected chi connectivity index (χ1v) is 13.9. The second kappa shape index (κ2) is 12.6. The van der Waals surface area contributed by atoms with E-state index in [4.69, 9.17) is 23.7 Å². The topological polar surface area (TPSA) is 63.2 Å². The Morgan fingerprint density at radius 1 is 0.923 bits per heavy atom. The molecule has 1 atom stereocenters. The van der Waals surface area contributed by atoms with Crippen LogP contribution in [0.25, 0.3) is 11.1 Å². The first-order valence-electron chi connectivity index (χ1n) is 13.9. The van der Waals surface area contributed by atoms with Crippen LogP contribution >= 0.6 is 0 Å². The van der Waals surface area contributed by atoms with Crippen LogP contribution in [0.2, 0.25) is 0 Å². The molecule has 0 spiro atoms. The summed E-state index contributed by atoms with van der Waals surface area (Å²) in [6, 6.07) is 18.5. The monoisotopic (exact) mass is 530 g/mol. The van der Waals surface area contributed by atoms with E-state index in [0.717, 1.165) is 33.9 Å². The fourth-order valence-corrected chi connectivity index (χ4v) is 5.68. The van der Waals surface area contributed by atoms with Crippen LogP contribution in [0.5, 0.6) is 17.2 Å². The molecular formula is C33H38O6. The van der Waals surface area contributed by atoms with Gasteiger partial charge in [-0.3, -0.25) is 4.79 Å². The molecule has 3 aromatic carbocycles. The molecule has 6 nitrogen and oxygen atoms in total. The van der Waals surface area contributed by atoms with Crippen molar-refractivity contribution in [3.8, 4) is 28.4 Å². The van der Waals surface area contributed by atoms with Gasteiger partial charge in [-0.25, -0.2) is 0 Å². The van der Waals surface area contributed by atoms with Crippen molar-refractivity contribution in [3.63, 3.8) is 0 Å². The Labute approximate surface area is 231 Å². The predicted molar refractivity (Wildman–Crippen MR) is 151 cm³/mol. The highest BCUT2D eigenvalue weighted by molar-refractivity contribution is 5.72. The minimum atomic E-state index is -0.228. The Kier molecular flexibility index (Phi) is 8.72. The minimum Gasteiger partial charge on any atom is -0.492 e. The number of carbonyl (C=O) groups is 1. The van der Waals surface area contributed by atoms with Crippen molar-refractivity contribution < 1.29 is 28.5 Å². The normalized spacial score (nSPS) is 16.5. The molecule has 3 aromatic rings. The van der Waals surface area contributed by atoms with E-state index >= 15 is 0 Å². The smallest absolute Gasteiger partial charge is 0.306 e. The first kappa shape index (κ1) is 27.1. The molecule has 5 rings (SSSR count). The van der Waals surface area contributed by atoms with Gasteiger partial charge in [0.25, 0.3) is 0 Å². The Hall–Kier alpha value is -3.51. The molecule has 1 saturated carbocycles. The lowest BCUT2D eigenvalue weighted by molar-refractivity contribution is -0.141. The number of hydrogen-bond donors (Lipinski definition) is 0. The van der Waals surface area contributed by atoms with Crippen molar-refractivity contribution in [1.29, 1.82) is 0 Å². The maximum Gasteiger partial charge on any atom is 0.306 e. The fourth-order valence-electron chi connectivity index (χ4n) is 5.68. The van der Waals surface area contributed by atoms with Gasteiger partial charge in [0.15, 0.2) is 0 Å². The van der Waals surface area contributed by atoms with Crippen LogP contribution in [0.3, 0.4) is 0 Å². The lowest BCUT2D eigenvalue weighted by Gasteiger charge is -2.16. The number of carbonyl (C=O) groups excluding carboxylic acids is 1. The number of methoxy groups -OCH3 is 1. The Morgan fingerprint density at radius 3 is 2.49 bits per heavy atom. The van der Waals surface area contributed by atoms with Crippen molar-refractivity contribution in [3.05, 3.63) is 76.9 Å². The van der Waals surface area contributed by atoms with Crippen LogP contribution in [-0.4, -0.2) is 39.0 Å². The van der Waals surface area contributed by atoms with E-state index in [0.29, 0.717) is 39.0 Å². The predicted octanol–water partition coefficient (Wildman–Crippen LogP) is 6.93. The van der Waals surface area contributed by atoms with Crippen molar-refractivity contribution in [2.24, 2.45) is 0 Å². The molecule has 6 heteroatoms. The van der Waals surface area contributed by atoms with E-state index in [1.54, 1.807) is 0 Å². The molecule has 0 aromatic heterocycles. The number of esters is 1. The zero-order chi connectivity index (χ0) is 27.2. The summed E-state index contributed by atoms with van der Waals surface area (Å²) in [7, 11) is 1.41. The van der Waals surface area contributed by atoms with E-state index in [1.165, 1.54) is 49.5 Å². The second-order valence-electron chi connectivity index (χ2n) is 10.5. The van der Waals surface area contributed by atoms with E-state index < -0.39 is 0 Å². The van der Waals surface area contributed by atoms with E-state index in [1.807, 2.05) is 18.2 Å². The summed E-state index contributed by atoms with van der Waals surface area (Å²) in [6.07, 6.45) is 5.65. The Bertz CT molecular complexity index is 1270. The first-order chi connectivity index (χ1) is 19.0. The average Bonchev–Trinajstić information content (AvgIpc) is 3.60. The van der Waals surface area contributed by atoms with Gasteiger partial charge >= 0.3 is 5.97 Å². The highest BCUT2D eigenvalue weighted by Crippen LogP contribution is 2.39. The summed E-state index contributed by atoms with van der Waals surface area (Å²) < 4.78 is 28.7. The molecule has 0 radical (unpaired) electrons. The van der Waals surface area contributed by atoms with Gasteiger partial charge in [-0.15, -0.1) is 0 Å². The van der Waals surface area contributed by atoms with E-state index in [2.05, 4.69) is 50.2 Å². The molecule has 0 amide bonds. The quantitative estimate of drug-likeness (QED) is 0.198. The van der Waals surface area contributed by atoms with E-state index in [-0.39, 0.29) is 11.9 Å². The fraction of sp³-hybridized carbons (Fsp3) is 0.424. The molecule has 39 heavy (non-hydrogen) atoms. The average molecular weight is 531 g/mol. The lowest BCUT2D eigenvalue weighted by Crippen LogP contribution is -2.14. The molecule has 1 fully saturated rings. The molecule has 0 saturated heterocycles. The van der Waals surface area contributed by atoms with Gasteiger partial charge in [0.1, 0.15) is 30.5 Å². The van der Waals surface area contributed by atoms with E-state index in [9.17, 15) is 4.79 Å². The third kappa shape index (κ3) is 6.74. The van der Waals surface area contributed by atoms with Gasteiger partial charge in [0.05, 0.1) is 32.8 Å². The van der Waals surface area contributed by atoms with Crippen molar-refractivity contribution in [2.45, 2.75) is 64.6 Å². The number of benzene rings is 3. The Balaban J connectivity index is 1.19. The summed E-state index contributed by atoms with van der Waals surface area (Å²) in [5.41, 5.74) is 6.84. The van der Waals surface area contributed by atoms with Crippen molar-refractivity contribution in [2.75, 3.05) is 26.9 Å². The highest BCUT2D eigenvalue weighted by atomic mass is 16.5. The van der Waals surface area contributed by atoms with Crippen molar-refractivity contribution >= 4 is 5.97 Å². The van der Waals surface area contributed by atoms with Gasteiger partial charge in [-0.05, 0) is 78.8 Å². The molecule has 206 valence electrons. The summed E-state index contributed by atoms with van der Waals surface area (Å²) in [5, 5.41) is 0. The zero-order valence-corrected chi connectivity index (χ0v) is 23.2. The largest absolute Gasteiger partial charge is 0.492 e. The standard InChI is InChI=1S/C33H38O6/c1-22-15-29(37-14-13-36-27-9-4-5-10-27)16-23(2)33(22)25-8-6-7-24(17-25)20-38-28-11-12-30-26(18-32(34)35-3)21-39-31(30)19-28/h6-8,11-12,15-17,19,26-27H,4-5,9-10,13-14,18,20-21H2,1-3H3/t26-/m1/s1. The van der Waals surface area contributed by atoms with Crippen LogP contribution in [0.4, 0.5) is 0 Å². The van der Waals surface area contributed by atoms with Gasteiger partial charge in [0, 0.05) is 17.5 Å². The number of aryl methyl sites for hydroxylation is 2. The molecule has 0 N–H and O–H groups in total. The van der Waals surface area contributed by atoms with Crippen LogP contribution in [-0.2, 0) is 20.9 Å². The molecule has 0 unspecified atom stereocenters. The number of hydrogen-bond acceptors (Lipinski definition) is 6. The summed E-state index contributed by atoms with van der Waals surface area (Å²) in [5.74, 6) is 2.19. The van der Waals surface area contributed by atoms with Gasteiger partial charge in [-0.2, -0.15) is 0 Å². The number of ether oxygens (including phenoxy) is 5. The van der Waals surface area contributed by atoms with Crippen LogP contribution in [0.1, 0.15) is 60.3 Å². The molecule has 1 aliphatic heterocycles. The summed E-state index contributed by atoms with van der Waals surface area (Å²) >= 11 is 0. The van der Waals surface area contributed by atoms with Crippen LogP contribution < -0.4 is 14.2 Å².